The molecule has 2 atom stereocenters. The number of fused-ring (bicyclic) bond motifs is 1. The summed E-state index contributed by atoms with van der Waals surface area (Å²) in [5, 5.41) is 9.30. The van der Waals surface area contributed by atoms with Gasteiger partial charge in [-0.2, -0.15) is 5.11 Å². The van der Waals surface area contributed by atoms with E-state index < -0.39 is 18.0 Å². The van der Waals surface area contributed by atoms with Crippen molar-refractivity contribution in [1.82, 2.24) is 0 Å². The molecule has 1 fully saturated rings. The van der Waals surface area contributed by atoms with Crippen molar-refractivity contribution in [3.63, 3.8) is 0 Å². The molecule has 0 aliphatic carbocycles. The maximum Gasteiger partial charge on any atom is 0.263 e. The summed E-state index contributed by atoms with van der Waals surface area (Å²) in [6.07, 6.45) is 0. The minimum atomic E-state index is -0.876. The van der Waals surface area contributed by atoms with Crippen LogP contribution in [0.2, 0.25) is 0 Å². The third-order valence-electron chi connectivity index (χ3n) is 4.62. The minimum Gasteiger partial charge on any atom is -0.271 e. The maximum atomic E-state index is 13.1. The lowest BCUT2D eigenvalue weighted by molar-refractivity contribution is -0.121. The predicted molar refractivity (Wildman–Crippen MR) is 89.7 cm³/mol. The van der Waals surface area contributed by atoms with E-state index in [2.05, 4.69) is 10.3 Å². The second-order valence-corrected chi connectivity index (χ2v) is 6.20. The van der Waals surface area contributed by atoms with Crippen LogP contribution in [0.3, 0.4) is 0 Å². The minimum absolute atomic E-state index is 0.382. The number of hydrogen-bond acceptors (Lipinski definition) is 5. The van der Waals surface area contributed by atoms with Gasteiger partial charge in [0.25, 0.3) is 11.8 Å². The molecule has 0 spiro atoms. The van der Waals surface area contributed by atoms with Gasteiger partial charge in [0.15, 0.2) is 12.1 Å². The molecule has 4 rings (SSSR count). The average Bonchev–Trinajstić information content (AvgIpc) is 3.12. The highest BCUT2D eigenvalue weighted by molar-refractivity contribution is 6.26. The molecule has 0 aromatic heterocycles. The second kappa shape index (κ2) is 5.47. The van der Waals surface area contributed by atoms with Crippen LogP contribution in [0.15, 0.2) is 52.8 Å². The third kappa shape index (κ3) is 2.31. The largest absolute Gasteiger partial charge is 0.271 e. The molecule has 126 valence electrons. The second-order valence-electron chi connectivity index (χ2n) is 6.20. The summed E-state index contributed by atoms with van der Waals surface area (Å²) >= 11 is 0. The van der Waals surface area contributed by atoms with Crippen LogP contribution in [0.25, 0.3) is 0 Å². The Labute approximate surface area is 143 Å². The fourth-order valence-electron chi connectivity index (χ4n) is 3.09. The van der Waals surface area contributed by atoms with E-state index in [1.54, 1.807) is 6.07 Å². The fourth-order valence-corrected chi connectivity index (χ4v) is 3.09. The van der Waals surface area contributed by atoms with Crippen molar-refractivity contribution >= 4 is 23.2 Å². The smallest absolute Gasteiger partial charge is 0.263 e. The van der Waals surface area contributed by atoms with Crippen molar-refractivity contribution in [3.05, 3.63) is 59.4 Å². The molecular formula is C18H15FN4O2. The normalized spacial score (nSPS) is 22.0. The standard InChI is InChI=1S/C18H15FN4O2/c1-10-3-6-14(9-11(10)2)22-17(24)15-16(18(22)25)23(21-20-15)13-7-4-12(19)5-8-13/h3-9,15-16H,1-2H3/t15-,16-/m0/s1. The Hall–Kier alpha value is -3.09. The van der Waals surface area contributed by atoms with Gasteiger partial charge in [0.05, 0.1) is 11.4 Å². The molecule has 0 N–H and O–H groups in total. The van der Waals surface area contributed by atoms with Gasteiger partial charge in [-0.05, 0) is 61.4 Å². The highest BCUT2D eigenvalue weighted by atomic mass is 19.1. The van der Waals surface area contributed by atoms with Crippen molar-refractivity contribution < 1.29 is 14.0 Å². The summed E-state index contributed by atoms with van der Waals surface area (Å²) in [6.45, 7) is 3.89. The van der Waals surface area contributed by atoms with Crippen LogP contribution in [0.1, 0.15) is 11.1 Å². The van der Waals surface area contributed by atoms with Crippen LogP contribution >= 0.6 is 0 Å². The van der Waals surface area contributed by atoms with Crippen LogP contribution < -0.4 is 9.91 Å². The zero-order valence-electron chi connectivity index (χ0n) is 13.7. The van der Waals surface area contributed by atoms with Crippen LogP contribution in [0, 0.1) is 19.7 Å². The van der Waals surface area contributed by atoms with Crippen LogP contribution in [0.5, 0.6) is 0 Å². The molecule has 0 saturated carbocycles. The van der Waals surface area contributed by atoms with Gasteiger partial charge >= 0.3 is 0 Å². The van der Waals surface area contributed by atoms with E-state index in [0.717, 1.165) is 16.0 Å². The highest BCUT2D eigenvalue weighted by Gasteiger charge is 2.55. The molecule has 25 heavy (non-hydrogen) atoms. The number of anilines is 2. The molecule has 2 aromatic rings. The number of carbonyl (C=O) groups excluding carboxylic acids is 2. The van der Waals surface area contributed by atoms with Gasteiger partial charge in [0.2, 0.25) is 0 Å². The Bertz CT molecular complexity index is 910. The van der Waals surface area contributed by atoms with E-state index in [9.17, 15) is 14.0 Å². The number of imide groups is 1. The summed E-state index contributed by atoms with van der Waals surface area (Å²) in [6, 6.07) is 9.29. The number of benzene rings is 2. The van der Waals surface area contributed by atoms with Gasteiger partial charge in [-0.25, -0.2) is 14.3 Å². The van der Waals surface area contributed by atoms with E-state index in [-0.39, 0.29) is 11.7 Å². The fraction of sp³-hybridized carbons (Fsp3) is 0.222. The molecule has 0 bridgehead atoms. The van der Waals surface area contributed by atoms with Crippen LogP contribution in [-0.4, -0.2) is 23.9 Å². The first kappa shape index (κ1) is 15.4. The van der Waals surface area contributed by atoms with E-state index >= 15 is 0 Å². The Morgan fingerprint density at radius 2 is 1.60 bits per heavy atom. The number of halogens is 1. The van der Waals surface area contributed by atoms with Gasteiger partial charge in [-0.1, -0.05) is 11.3 Å². The Balaban J connectivity index is 1.70. The number of nitrogens with zero attached hydrogens (tertiary/aromatic N) is 4. The molecule has 0 radical (unpaired) electrons. The van der Waals surface area contributed by atoms with Crippen molar-refractivity contribution in [2.24, 2.45) is 10.3 Å². The lowest BCUT2D eigenvalue weighted by Crippen LogP contribution is -2.39. The van der Waals surface area contributed by atoms with E-state index in [1.165, 1.54) is 29.3 Å². The van der Waals surface area contributed by atoms with Crippen molar-refractivity contribution in [2.75, 3.05) is 9.91 Å². The molecule has 2 aliphatic rings. The van der Waals surface area contributed by atoms with Crippen molar-refractivity contribution in [1.29, 1.82) is 0 Å². The first-order chi connectivity index (χ1) is 12.0. The van der Waals surface area contributed by atoms with Gasteiger partial charge in [-0.15, -0.1) is 0 Å². The summed E-state index contributed by atoms with van der Waals surface area (Å²) in [5.74, 6) is -1.17. The lowest BCUT2D eigenvalue weighted by Gasteiger charge is -2.21. The third-order valence-corrected chi connectivity index (χ3v) is 4.62. The summed E-state index contributed by atoms with van der Waals surface area (Å²) in [5.41, 5.74) is 3.12. The monoisotopic (exact) mass is 338 g/mol. The van der Waals surface area contributed by atoms with Gasteiger partial charge in [0.1, 0.15) is 5.82 Å². The topological polar surface area (TPSA) is 65.3 Å². The maximum absolute atomic E-state index is 13.1. The molecular weight excluding hydrogens is 323 g/mol. The number of hydrogen-bond donors (Lipinski definition) is 0. The number of carbonyl (C=O) groups is 2. The molecule has 1 saturated heterocycles. The zero-order chi connectivity index (χ0) is 17.7. The molecule has 2 heterocycles. The first-order valence-corrected chi connectivity index (χ1v) is 7.88. The van der Waals surface area contributed by atoms with Gasteiger partial charge in [-0.3, -0.25) is 9.59 Å². The highest BCUT2D eigenvalue weighted by Crippen LogP contribution is 2.35. The quantitative estimate of drug-likeness (QED) is 0.791. The first-order valence-electron chi connectivity index (χ1n) is 7.88. The number of amides is 2. The molecule has 2 aliphatic heterocycles. The molecule has 7 heteroatoms. The SMILES string of the molecule is Cc1ccc(N2C(=O)[C@H]3N=NN(c4ccc(F)cc4)[C@@H]3C2=O)cc1C. The zero-order valence-corrected chi connectivity index (χ0v) is 13.7. The average molecular weight is 338 g/mol. The van der Waals surface area contributed by atoms with E-state index in [0.29, 0.717) is 11.4 Å². The molecule has 6 nitrogen and oxygen atoms in total. The van der Waals surface area contributed by atoms with E-state index in [1.807, 2.05) is 26.0 Å². The van der Waals surface area contributed by atoms with Crippen LogP contribution in [0.4, 0.5) is 15.8 Å². The Morgan fingerprint density at radius 1 is 0.920 bits per heavy atom. The molecule has 2 aromatic carbocycles. The number of aryl methyl sites for hydroxylation is 2. The van der Waals surface area contributed by atoms with Crippen molar-refractivity contribution in [3.8, 4) is 0 Å². The number of rotatable bonds is 2. The molecule has 0 unspecified atom stereocenters. The summed E-state index contributed by atoms with van der Waals surface area (Å²) in [7, 11) is 0. The summed E-state index contributed by atoms with van der Waals surface area (Å²) < 4.78 is 13.1. The predicted octanol–water partition coefficient (Wildman–Crippen LogP) is 2.94. The Morgan fingerprint density at radius 3 is 2.28 bits per heavy atom. The lowest BCUT2D eigenvalue weighted by atomic mass is 10.1. The van der Waals surface area contributed by atoms with Crippen LogP contribution in [-0.2, 0) is 9.59 Å². The van der Waals surface area contributed by atoms with Crippen molar-refractivity contribution in [2.45, 2.75) is 25.9 Å². The Kier molecular flexibility index (Phi) is 3.38. The summed E-state index contributed by atoms with van der Waals surface area (Å²) in [4.78, 5) is 26.8. The van der Waals surface area contributed by atoms with E-state index in [4.69, 9.17) is 0 Å². The van der Waals surface area contributed by atoms with Gasteiger partial charge < -0.3 is 0 Å². The molecule has 2 amide bonds. The van der Waals surface area contributed by atoms with Gasteiger partial charge in [0, 0.05) is 0 Å².